The third-order valence-corrected chi connectivity index (χ3v) is 8.37. The van der Waals surface area contributed by atoms with Crippen LogP contribution in [-0.4, -0.2) is 62.3 Å². The summed E-state index contributed by atoms with van der Waals surface area (Å²) in [4.78, 5) is 21.3. The predicted molar refractivity (Wildman–Crippen MR) is 214 cm³/mol. The molecule has 0 bridgehead atoms. The van der Waals surface area contributed by atoms with Gasteiger partial charge in [0.1, 0.15) is 34.2 Å². The van der Waals surface area contributed by atoms with E-state index in [4.69, 9.17) is 11.5 Å². The third-order valence-electron chi connectivity index (χ3n) is 8.37. The van der Waals surface area contributed by atoms with Crippen LogP contribution < -0.4 is 45.2 Å². The molecule has 0 unspecified atom stereocenters. The number of phenolic OH excluding ortho intramolecular Hbond substituents is 2. The molecule has 0 aliphatic heterocycles. The molecule has 18 heteroatoms. The van der Waals surface area contributed by atoms with E-state index >= 15 is 0 Å². The van der Waals surface area contributed by atoms with Crippen molar-refractivity contribution in [1.82, 2.24) is 8.97 Å². The Bertz CT molecular complexity index is 2330. The SMILES string of the molecule is C[N+](C)(C)c1ccc2ccc(O)c(N=Nc3ccc(N)cc3[N+](=O)[O-])c2c1.C[N+](C)(C)c1ccc2ccc(O)c(N=Nc3ccc(N)cc3[N+](=O)[O-])c2c1.[Cl-].[Cl-]. The van der Waals surface area contributed by atoms with Crippen LogP contribution in [0.5, 0.6) is 11.5 Å². The zero-order valence-electron chi connectivity index (χ0n) is 31.3. The number of nitro benzene ring substituents is 2. The minimum Gasteiger partial charge on any atom is -1.00 e. The second kappa shape index (κ2) is 17.3. The van der Waals surface area contributed by atoms with Crippen molar-refractivity contribution >= 4 is 78.4 Å². The number of aromatic hydroxyl groups is 2. The number of nitrogens with two attached hydrogens (primary N) is 2. The minimum absolute atomic E-state index is 0. The molecule has 6 aromatic carbocycles. The Labute approximate surface area is 334 Å². The number of phenols is 2. The van der Waals surface area contributed by atoms with Crippen LogP contribution in [0, 0.1) is 20.2 Å². The molecule has 0 aliphatic carbocycles. The Morgan fingerprint density at radius 3 is 1.18 bits per heavy atom. The average molecular weight is 804 g/mol. The van der Waals surface area contributed by atoms with Crippen LogP contribution in [0.1, 0.15) is 0 Å². The number of azo groups is 2. The Balaban J connectivity index is 0.000000290. The number of benzene rings is 6. The normalized spacial score (nSPS) is 11.5. The lowest BCUT2D eigenvalue weighted by Gasteiger charge is -2.23. The summed E-state index contributed by atoms with van der Waals surface area (Å²) in [7, 11) is 12.2. The van der Waals surface area contributed by atoms with Crippen molar-refractivity contribution in [2.24, 2.45) is 20.5 Å². The Hall–Kier alpha value is -6.46. The molecule has 0 aliphatic rings. The first-order valence-corrected chi connectivity index (χ1v) is 16.4. The van der Waals surface area contributed by atoms with Crippen LogP contribution in [0.3, 0.4) is 0 Å². The molecule has 0 spiro atoms. The maximum absolute atomic E-state index is 11.2. The highest BCUT2D eigenvalue weighted by atomic mass is 35.5. The molecule has 0 aromatic heterocycles. The van der Waals surface area contributed by atoms with Crippen LogP contribution in [0.15, 0.2) is 118 Å². The maximum Gasteiger partial charge on any atom is 0.298 e. The molecule has 0 amide bonds. The summed E-state index contributed by atoms with van der Waals surface area (Å²) in [5, 5.41) is 62.4. The van der Waals surface area contributed by atoms with E-state index in [0.717, 1.165) is 22.1 Å². The molecule has 0 atom stereocenters. The lowest BCUT2D eigenvalue weighted by molar-refractivity contribution is -0.384. The van der Waals surface area contributed by atoms with Gasteiger partial charge in [0.05, 0.1) is 52.1 Å². The van der Waals surface area contributed by atoms with Crippen LogP contribution in [0.4, 0.5) is 56.9 Å². The zero-order valence-corrected chi connectivity index (χ0v) is 32.8. The highest BCUT2D eigenvalue weighted by molar-refractivity contribution is 5.98. The van der Waals surface area contributed by atoms with Gasteiger partial charge in [-0.1, -0.05) is 12.1 Å². The molecule has 6 N–H and O–H groups in total. The van der Waals surface area contributed by atoms with Crippen LogP contribution in [0.2, 0.25) is 0 Å². The lowest BCUT2D eigenvalue weighted by atomic mass is 10.1. The third kappa shape index (κ3) is 9.99. The number of nitro groups is 2. The first-order valence-electron chi connectivity index (χ1n) is 16.4. The van der Waals surface area contributed by atoms with Gasteiger partial charge < -0.3 is 46.5 Å². The van der Waals surface area contributed by atoms with Crippen molar-refractivity contribution in [3.63, 3.8) is 0 Å². The van der Waals surface area contributed by atoms with E-state index in [9.17, 15) is 30.4 Å². The smallest absolute Gasteiger partial charge is 0.298 e. The summed E-state index contributed by atoms with van der Waals surface area (Å²) in [6.45, 7) is 0. The summed E-state index contributed by atoms with van der Waals surface area (Å²) in [6.07, 6.45) is 0. The molecule has 6 rings (SSSR count). The molecule has 16 nitrogen and oxygen atoms in total. The van der Waals surface area contributed by atoms with Gasteiger partial charge in [-0.15, -0.1) is 20.5 Å². The fourth-order valence-electron chi connectivity index (χ4n) is 5.36. The van der Waals surface area contributed by atoms with Crippen molar-refractivity contribution in [3.8, 4) is 11.5 Å². The summed E-state index contributed by atoms with van der Waals surface area (Å²) >= 11 is 0. The first-order chi connectivity index (χ1) is 25.3. The Morgan fingerprint density at radius 2 is 0.857 bits per heavy atom. The number of nitrogens with zero attached hydrogens (tertiary/aromatic N) is 8. The largest absolute Gasteiger partial charge is 1.00 e. The van der Waals surface area contributed by atoms with Gasteiger partial charge in [0.2, 0.25) is 0 Å². The Kier molecular flexibility index (Phi) is 13.6. The van der Waals surface area contributed by atoms with Crippen molar-refractivity contribution in [3.05, 3.63) is 117 Å². The quantitative estimate of drug-likeness (QED) is 0.0586. The van der Waals surface area contributed by atoms with Crippen LogP contribution in [-0.2, 0) is 0 Å². The van der Waals surface area contributed by atoms with E-state index in [2.05, 4.69) is 20.5 Å². The van der Waals surface area contributed by atoms with Crippen LogP contribution in [0.25, 0.3) is 21.5 Å². The summed E-state index contributed by atoms with van der Waals surface area (Å²) in [5.74, 6) is -0.106. The number of hydrogen-bond donors (Lipinski definition) is 4. The first kappa shape index (κ1) is 43.9. The van der Waals surface area contributed by atoms with E-state index in [1.54, 1.807) is 12.1 Å². The Morgan fingerprint density at radius 1 is 0.518 bits per heavy atom. The molecule has 0 saturated carbocycles. The van der Waals surface area contributed by atoms with Gasteiger partial charge in [0, 0.05) is 46.4 Å². The fourth-order valence-corrected chi connectivity index (χ4v) is 5.36. The molecule has 0 saturated heterocycles. The molecular formula is C38H40Cl2N10O6. The number of halogens is 2. The van der Waals surface area contributed by atoms with E-state index in [1.165, 1.54) is 48.5 Å². The predicted octanol–water partition coefficient (Wildman–Crippen LogP) is 3.30. The number of rotatable bonds is 8. The zero-order chi connectivity index (χ0) is 39.5. The molecule has 56 heavy (non-hydrogen) atoms. The summed E-state index contributed by atoms with van der Waals surface area (Å²) < 4.78 is 1.18. The molecule has 292 valence electrons. The minimum atomic E-state index is -0.567. The number of quaternary nitrogens is 2. The summed E-state index contributed by atoms with van der Waals surface area (Å²) in [6, 6.07) is 26.7. The summed E-state index contributed by atoms with van der Waals surface area (Å²) in [5.41, 5.74) is 13.9. The molecule has 6 aromatic rings. The van der Waals surface area contributed by atoms with Gasteiger partial charge in [0.25, 0.3) is 11.4 Å². The van der Waals surface area contributed by atoms with E-state index in [0.29, 0.717) is 19.7 Å². The molecule has 0 heterocycles. The molecule has 0 fully saturated rings. The average Bonchev–Trinajstić information content (AvgIpc) is 3.10. The maximum atomic E-state index is 11.2. The highest BCUT2D eigenvalue weighted by Gasteiger charge is 2.19. The van der Waals surface area contributed by atoms with Crippen molar-refractivity contribution in [2.75, 3.05) is 53.8 Å². The van der Waals surface area contributed by atoms with E-state index in [-0.39, 0.29) is 81.8 Å². The van der Waals surface area contributed by atoms with Gasteiger partial charge >= 0.3 is 0 Å². The number of hydrogen-bond acceptors (Lipinski definition) is 12. The van der Waals surface area contributed by atoms with E-state index < -0.39 is 9.85 Å². The van der Waals surface area contributed by atoms with Crippen molar-refractivity contribution < 1.29 is 44.9 Å². The molecular weight excluding hydrogens is 763 g/mol. The monoisotopic (exact) mass is 802 g/mol. The van der Waals surface area contributed by atoms with Gasteiger partial charge in [0.15, 0.2) is 11.4 Å². The highest BCUT2D eigenvalue weighted by Crippen LogP contribution is 2.41. The molecule has 0 radical (unpaired) electrons. The van der Waals surface area contributed by atoms with Crippen molar-refractivity contribution in [1.29, 1.82) is 0 Å². The lowest BCUT2D eigenvalue weighted by Crippen LogP contribution is -3.00. The standard InChI is InChI=1S/2C19H19N5O3.2ClH/c2*1-24(2,3)14-7-4-12-5-9-18(25)19(15(12)11-14)22-21-16-8-6-13(20)10-17(16)23(26)27;;/h2*4-11H,1-3H3,(H2-,20,21,22,25);2*1H. The van der Waals surface area contributed by atoms with Gasteiger partial charge in [-0.05, 0) is 71.4 Å². The second-order valence-electron chi connectivity index (χ2n) is 14.1. The van der Waals surface area contributed by atoms with Crippen molar-refractivity contribution in [2.45, 2.75) is 0 Å². The number of nitrogen functional groups attached to an aromatic ring is 2. The van der Waals surface area contributed by atoms with E-state index in [1.807, 2.05) is 78.7 Å². The topological polar surface area (TPSA) is 228 Å². The van der Waals surface area contributed by atoms with Gasteiger partial charge in [-0.2, -0.15) is 0 Å². The van der Waals surface area contributed by atoms with Crippen LogP contribution >= 0.6 is 0 Å². The number of fused-ring (bicyclic) bond motifs is 2. The number of anilines is 2. The second-order valence-corrected chi connectivity index (χ2v) is 14.1. The van der Waals surface area contributed by atoms with Gasteiger partial charge in [-0.3, -0.25) is 29.2 Å². The fraction of sp³-hybridized carbons (Fsp3) is 0.158. The van der Waals surface area contributed by atoms with Gasteiger partial charge in [-0.25, -0.2) is 0 Å².